The molecule has 1 atom stereocenters. The van der Waals surface area contributed by atoms with E-state index < -0.39 is 0 Å². The first-order valence-electron chi connectivity index (χ1n) is 2.48. The second kappa shape index (κ2) is 4.80. The van der Waals surface area contributed by atoms with Gasteiger partial charge in [0.1, 0.15) is 0 Å². The Labute approximate surface area is 53.2 Å². The summed E-state index contributed by atoms with van der Waals surface area (Å²) in [6.07, 6.45) is 5.86. The maximum atomic E-state index is 3.70. The lowest BCUT2D eigenvalue weighted by molar-refractivity contribution is 1.56. The minimum absolute atomic E-state index is 1.08. The van der Waals surface area contributed by atoms with Crippen molar-refractivity contribution in [3.05, 3.63) is 36.2 Å². The molecule has 0 saturated carbocycles. The monoisotopic (exact) mass is 126 g/mol. The molecule has 0 nitrogen and oxygen atoms in total. The molecule has 0 spiro atoms. The van der Waals surface area contributed by atoms with Gasteiger partial charge in [0.15, 0.2) is 0 Å². The fraction of sp³-hybridized carbons (Fsp3) is 0.143. The summed E-state index contributed by atoms with van der Waals surface area (Å²) < 4.78 is 0. The van der Waals surface area contributed by atoms with Crippen LogP contribution in [0.15, 0.2) is 36.2 Å². The van der Waals surface area contributed by atoms with Crippen LogP contribution in [0.25, 0.3) is 0 Å². The molecule has 0 aromatic heterocycles. The minimum atomic E-state index is 1.08. The van der Waals surface area contributed by atoms with Crippen LogP contribution in [0.1, 0.15) is 6.92 Å². The van der Waals surface area contributed by atoms with Crippen molar-refractivity contribution in [2.75, 3.05) is 0 Å². The Morgan fingerprint density at radius 3 is 2.50 bits per heavy atom. The first-order chi connectivity index (χ1) is 3.77. The zero-order chi connectivity index (χ0) is 6.41. The highest BCUT2D eigenvalue weighted by Gasteiger charge is 1.66. The Kier molecular flexibility index (Phi) is 4.59. The fourth-order valence-corrected chi connectivity index (χ4v) is 0.412. The number of allylic oxidation sites excluding steroid dienone is 4. The van der Waals surface area contributed by atoms with Gasteiger partial charge in [-0.1, -0.05) is 36.2 Å². The van der Waals surface area contributed by atoms with Gasteiger partial charge in [-0.3, -0.25) is 0 Å². The number of hydrogen-bond acceptors (Lipinski definition) is 0. The molecule has 0 fully saturated rings. The van der Waals surface area contributed by atoms with Gasteiger partial charge in [0, 0.05) is 0 Å². The van der Waals surface area contributed by atoms with Crippen LogP contribution in [0.4, 0.5) is 0 Å². The van der Waals surface area contributed by atoms with Crippen molar-refractivity contribution >= 4 is 9.24 Å². The van der Waals surface area contributed by atoms with E-state index >= 15 is 0 Å². The molecule has 0 rings (SSSR count). The Hall–Kier alpha value is -0.350. The first kappa shape index (κ1) is 7.65. The van der Waals surface area contributed by atoms with Crippen molar-refractivity contribution in [2.45, 2.75) is 6.92 Å². The van der Waals surface area contributed by atoms with E-state index in [-0.39, 0.29) is 0 Å². The highest BCUT2D eigenvalue weighted by molar-refractivity contribution is 7.20. The van der Waals surface area contributed by atoms with Gasteiger partial charge in [-0.25, -0.2) is 0 Å². The Morgan fingerprint density at radius 2 is 2.12 bits per heavy atom. The summed E-state index contributed by atoms with van der Waals surface area (Å²) in [5.41, 5.74) is 1.08. The molecule has 0 aliphatic carbocycles. The zero-order valence-corrected chi connectivity index (χ0v) is 6.25. The third-order valence-electron chi connectivity index (χ3n) is 0.603. The van der Waals surface area contributed by atoms with Crippen LogP contribution in [0.2, 0.25) is 0 Å². The van der Waals surface area contributed by atoms with E-state index in [0.29, 0.717) is 0 Å². The van der Waals surface area contributed by atoms with E-state index in [2.05, 4.69) is 15.8 Å². The molecular formula is C7H11P. The second-order valence-corrected chi connectivity index (χ2v) is 1.98. The highest BCUT2D eigenvalue weighted by atomic mass is 31.0. The van der Waals surface area contributed by atoms with Gasteiger partial charge in [0.2, 0.25) is 0 Å². The van der Waals surface area contributed by atoms with E-state index in [1.165, 1.54) is 0 Å². The van der Waals surface area contributed by atoms with E-state index in [4.69, 9.17) is 0 Å². The minimum Gasteiger partial charge on any atom is -0.114 e. The lowest BCUT2D eigenvalue weighted by Crippen LogP contribution is -1.56. The predicted octanol–water partition coefficient (Wildman–Crippen LogP) is 2.51. The predicted molar refractivity (Wildman–Crippen MR) is 42.8 cm³/mol. The van der Waals surface area contributed by atoms with Crippen molar-refractivity contribution in [1.29, 1.82) is 0 Å². The van der Waals surface area contributed by atoms with Crippen LogP contribution in [0.3, 0.4) is 0 Å². The molecule has 0 bridgehead atoms. The zero-order valence-electron chi connectivity index (χ0n) is 5.09. The van der Waals surface area contributed by atoms with Crippen LogP contribution < -0.4 is 0 Å². The van der Waals surface area contributed by atoms with Crippen LogP contribution in [-0.4, -0.2) is 0 Å². The van der Waals surface area contributed by atoms with Crippen molar-refractivity contribution in [1.82, 2.24) is 0 Å². The first-order valence-corrected chi connectivity index (χ1v) is 3.14. The molecule has 0 radical (unpaired) electrons. The Balaban J connectivity index is 3.50. The second-order valence-electron chi connectivity index (χ2n) is 1.59. The van der Waals surface area contributed by atoms with Crippen molar-refractivity contribution in [3.63, 3.8) is 0 Å². The summed E-state index contributed by atoms with van der Waals surface area (Å²) >= 11 is 0. The third kappa shape index (κ3) is 5.65. The molecule has 0 saturated heterocycles. The van der Waals surface area contributed by atoms with Gasteiger partial charge in [-0.2, -0.15) is 0 Å². The van der Waals surface area contributed by atoms with E-state index in [1.54, 1.807) is 0 Å². The molecule has 0 aliphatic rings. The van der Waals surface area contributed by atoms with E-state index in [9.17, 15) is 0 Å². The van der Waals surface area contributed by atoms with E-state index in [1.807, 2.05) is 31.0 Å². The van der Waals surface area contributed by atoms with Crippen molar-refractivity contribution < 1.29 is 0 Å². The topological polar surface area (TPSA) is 0 Å². The molecule has 1 heteroatoms. The lowest BCUT2D eigenvalue weighted by Gasteiger charge is -1.78. The van der Waals surface area contributed by atoms with Gasteiger partial charge in [0.05, 0.1) is 0 Å². The molecule has 0 aromatic rings. The maximum absolute atomic E-state index is 3.70. The summed E-state index contributed by atoms with van der Waals surface area (Å²) in [6.45, 7) is 5.66. The highest BCUT2D eigenvalue weighted by Crippen LogP contribution is 1.90. The van der Waals surface area contributed by atoms with Gasteiger partial charge >= 0.3 is 0 Å². The standard InChI is InChI=1S/C7H11P/c1-7(2)5-3-4-6-8/h3-6H,1,8H2,2H3/b5-3-,6-4+. The molecule has 0 aliphatic heterocycles. The molecule has 44 valence electrons. The van der Waals surface area contributed by atoms with Crippen LogP contribution >= 0.6 is 9.24 Å². The molecule has 0 amide bonds. The van der Waals surface area contributed by atoms with Gasteiger partial charge in [-0.05, 0) is 6.92 Å². The summed E-state index contributed by atoms with van der Waals surface area (Å²) in [6, 6.07) is 0. The molecular weight excluding hydrogens is 115 g/mol. The van der Waals surface area contributed by atoms with Crippen molar-refractivity contribution in [2.24, 2.45) is 0 Å². The fourth-order valence-electron chi connectivity index (χ4n) is 0.284. The average molecular weight is 126 g/mol. The summed E-state index contributed by atoms with van der Waals surface area (Å²) in [5.74, 6) is 1.90. The molecule has 0 heterocycles. The summed E-state index contributed by atoms with van der Waals surface area (Å²) in [5, 5.41) is 0. The van der Waals surface area contributed by atoms with Gasteiger partial charge in [-0.15, -0.1) is 9.24 Å². The van der Waals surface area contributed by atoms with Gasteiger partial charge < -0.3 is 0 Å². The van der Waals surface area contributed by atoms with E-state index in [0.717, 1.165) is 5.57 Å². The van der Waals surface area contributed by atoms with Crippen LogP contribution in [0, 0.1) is 0 Å². The average Bonchev–Trinajstić information content (AvgIpc) is 1.66. The normalized spacial score (nSPS) is 11.2. The quantitative estimate of drug-likeness (QED) is 0.394. The molecule has 0 N–H and O–H groups in total. The Morgan fingerprint density at radius 1 is 1.50 bits per heavy atom. The van der Waals surface area contributed by atoms with Crippen LogP contribution in [0.5, 0.6) is 0 Å². The summed E-state index contributed by atoms with van der Waals surface area (Å²) in [7, 11) is 2.50. The number of hydrogen-bond donors (Lipinski definition) is 0. The maximum Gasteiger partial charge on any atom is -0.0404 e. The van der Waals surface area contributed by atoms with Crippen molar-refractivity contribution in [3.8, 4) is 0 Å². The van der Waals surface area contributed by atoms with Gasteiger partial charge in [0.25, 0.3) is 0 Å². The van der Waals surface area contributed by atoms with Crippen LogP contribution in [-0.2, 0) is 0 Å². The smallest absolute Gasteiger partial charge is 0.0404 e. The summed E-state index contributed by atoms with van der Waals surface area (Å²) in [4.78, 5) is 0. The Bertz CT molecular complexity index is 120. The lowest BCUT2D eigenvalue weighted by atomic mass is 10.3. The SMILES string of the molecule is C=C(C)/C=C\C=C\P. The third-order valence-corrected chi connectivity index (χ3v) is 0.825. The largest absolute Gasteiger partial charge is 0.114 e. The molecule has 0 aromatic carbocycles. The number of rotatable bonds is 2. The molecule has 8 heavy (non-hydrogen) atoms. The molecule has 1 unspecified atom stereocenters.